The highest BCUT2D eigenvalue weighted by molar-refractivity contribution is 7.98. The van der Waals surface area contributed by atoms with Crippen LogP contribution in [0.2, 0.25) is 0 Å². The Labute approximate surface area is 193 Å². The van der Waals surface area contributed by atoms with Crippen LogP contribution in [0.4, 0.5) is 11.4 Å². The van der Waals surface area contributed by atoms with E-state index in [2.05, 4.69) is 9.44 Å². The van der Waals surface area contributed by atoms with Crippen LogP contribution in [0.5, 0.6) is 0 Å². The molecule has 1 amide bonds. The van der Waals surface area contributed by atoms with Crippen molar-refractivity contribution in [2.24, 2.45) is 10.9 Å². The highest BCUT2D eigenvalue weighted by atomic mass is 32.2. The number of aliphatic imine (C=N–C) groups is 1. The molecule has 0 radical (unpaired) electrons. The molecular formula is C22H26N4O4S2. The molecule has 4 aliphatic heterocycles. The number of carbonyl (C=O) groups is 1. The van der Waals surface area contributed by atoms with Crippen molar-refractivity contribution >= 4 is 46.1 Å². The lowest BCUT2D eigenvalue weighted by molar-refractivity contribution is -0.135. The molecule has 3 N–H and O–H groups in total. The monoisotopic (exact) mass is 474 g/mol. The van der Waals surface area contributed by atoms with Gasteiger partial charge in [-0.05, 0) is 55.8 Å². The Hall–Kier alpha value is -2.04. The van der Waals surface area contributed by atoms with Gasteiger partial charge in [0.05, 0.1) is 34.8 Å². The van der Waals surface area contributed by atoms with Crippen molar-refractivity contribution < 1.29 is 18.8 Å². The van der Waals surface area contributed by atoms with Crippen molar-refractivity contribution in [3.05, 3.63) is 29.5 Å². The Bertz CT molecular complexity index is 1070. The number of hydrogen-bond acceptors (Lipinski definition) is 7. The van der Waals surface area contributed by atoms with E-state index in [0.29, 0.717) is 11.5 Å². The summed E-state index contributed by atoms with van der Waals surface area (Å²) < 4.78 is 23.7. The fraction of sp³-hybridized carbons (Fsp3) is 0.545. The van der Waals surface area contributed by atoms with Gasteiger partial charge in [0.15, 0.2) is 5.84 Å². The fourth-order valence-corrected chi connectivity index (χ4v) is 7.19. The summed E-state index contributed by atoms with van der Waals surface area (Å²) in [6.45, 7) is 0. The molecule has 5 atom stereocenters. The lowest BCUT2D eigenvalue weighted by Gasteiger charge is -2.45. The van der Waals surface area contributed by atoms with E-state index in [0.717, 1.165) is 49.1 Å². The molecule has 2 bridgehead atoms. The zero-order valence-corrected chi connectivity index (χ0v) is 19.4. The van der Waals surface area contributed by atoms with E-state index in [1.54, 1.807) is 6.26 Å². The minimum Gasteiger partial charge on any atom is -0.511 e. The lowest BCUT2D eigenvalue weighted by Crippen LogP contribution is -2.59. The van der Waals surface area contributed by atoms with Crippen molar-refractivity contribution in [1.29, 1.82) is 0 Å². The molecular weight excluding hydrogens is 448 g/mol. The van der Waals surface area contributed by atoms with E-state index in [1.165, 1.54) is 11.9 Å². The number of aliphatic hydroxyl groups is 1. The van der Waals surface area contributed by atoms with E-state index >= 15 is 0 Å². The highest BCUT2D eigenvalue weighted by Crippen LogP contribution is 2.50. The van der Waals surface area contributed by atoms with Gasteiger partial charge in [0.25, 0.3) is 5.91 Å². The fourth-order valence-electron chi connectivity index (χ4n) is 5.97. The molecule has 8 nitrogen and oxygen atoms in total. The number of aliphatic hydroxyl groups excluding tert-OH is 1. The Morgan fingerprint density at radius 3 is 2.81 bits per heavy atom. The number of ether oxygens (including phenoxy) is 1. The van der Waals surface area contributed by atoms with E-state index in [-0.39, 0.29) is 47.4 Å². The standard InChI is InChI=1S/C22H26N4O4S2/c1-32(29)25-11-6-7-13-16(10-11)31-24-21(23-13)18-20(27)17-14-8-9-15(30-14)19(17)26(22(18)28)12-4-2-3-5-12/h6-7,10,12,14-15,17,19,25,27H,2-5,8-9H2,1H3,(H,23,24). The Balaban J connectivity index is 1.39. The predicted molar refractivity (Wildman–Crippen MR) is 124 cm³/mol. The number of amidine groups is 1. The first-order valence-electron chi connectivity index (χ1n) is 11.2. The van der Waals surface area contributed by atoms with Crippen LogP contribution in [0.1, 0.15) is 38.5 Å². The average Bonchev–Trinajstić information content (AvgIpc) is 3.52. The molecule has 3 fully saturated rings. The molecule has 5 unspecified atom stereocenters. The van der Waals surface area contributed by atoms with Crippen molar-refractivity contribution in [2.45, 2.75) is 67.7 Å². The Morgan fingerprint density at radius 1 is 1.25 bits per heavy atom. The van der Waals surface area contributed by atoms with Gasteiger partial charge in [-0.3, -0.25) is 4.79 Å². The van der Waals surface area contributed by atoms with Gasteiger partial charge in [0.1, 0.15) is 22.3 Å². The molecule has 4 heterocycles. The number of fused-ring (bicyclic) bond motifs is 6. The van der Waals surface area contributed by atoms with E-state index in [4.69, 9.17) is 9.73 Å². The first-order chi connectivity index (χ1) is 15.5. The molecule has 0 aromatic heterocycles. The van der Waals surface area contributed by atoms with E-state index in [9.17, 15) is 14.1 Å². The molecule has 1 saturated carbocycles. The van der Waals surface area contributed by atoms with Crippen LogP contribution < -0.4 is 9.44 Å². The number of nitrogens with one attached hydrogen (secondary N) is 2. The second-order valence-electron chi connectivity index (χ2n) is 9.12. The molecule has 1 aromatic rings. The van der Waals surface area contributed by atoms with Gasteiger partial charge in [0, 0.05) is 18.0 Å². The second kappa shape index (κ2) is 7.78. The third-order valence-corrected chi connectivity index (χ3v) is 8.61. The summed E-state index contributed by atoms with van der Waals surface area (Å²) in [4.78, 5) is 21.4. The highest BCUT2D eigenvalue weighted by Gasteiger charge is 2.59. The number of carbonyl (C=O) groups excluding carboxylic acids is 1. The Morgan fingerprint density at radius 2 is 2.03 bits per heavy atom. The first kappa shape index (κ1) is 20.6. The van der Waals surface area contributed by atoms with Gasteiger partial charge in [-0.15, -0.1) is 0 Å². The van der Waals surface area contributed by atoms with Crippen molar-refractivity contribution in [2.75, 3.05) is 11.0 Å². The third kappa shape index (κ3) is 3.18. The molecule has 10 heteroatoms. The summed E-state index contributed by atoms with van der Waals surface area (Å²) in [5.74, 6) is 0.205. The molecule has 5 aliphatic rings. The number of hydrogen-bond donors (Lipinski definition) is 3. The average molecular weight is 475 g/mol. The maximum Gasteiger partial charge on any atom is 0.261 e. The number of anilines is 1. The molecule has 170 valence electrons. The predicted octanol–water partition coefficient (Wildman–Crippen LogP) is 3.18. The first-order valence-corrected chi connectivity index (χ1v) is 13.6. The summed E-state index contributed by atoms with van der Waals surface area (Å²) in [6, 6.07) is 5.65. The summed E-state index contributed by atoms with van der Waals surface area (Å²) >= 11 is 1.34. The van der Waals surface area contributed by atoms with Crippen molar-refractivity contribution in [1.82, 2.24) is 9.62 Å². The smallest absolute Gasteiger partial charge is 0.261 e. The minimum atomic E-state index is -1.16. The van der Waals surface area contributed by atoms with E-state index in [1.807, 2.05) is 23.1 Å². The number of nitrogens with zero attached hydrogens (tertiary/aromatic N) is 2. The van der Waals surface area contributed by atoms with Crippen LogP contribution in [0.15, 0.2) is 39.4 Å². The summed E-state index contributed by atoms with van der Waals surface area (Å²) in [6.07, 6.45) is 7.70. The zero-order valence-electron chi connectivity index (χ0n) is 17.7. The van der Waals surface area contributed by atoms with Crippen LogP contribution >= 0.6 is 11.9 Å². The second-order valence-corrected chi connectivity index (χ2v) is 11.1. The summed E-state index contributed by atoms with van der Waals surface area (Å²) in [7, 11) is -1.16. The Kier molecular flexibility index (Phi) is 5.00. The summed E-state index contributed by atoms with van der Waals surface area (Å²) in [5, 5.41) is 11.3. The molecule has 0 spiro atoms. The van der Waals surface area contributed by atoms with Crippen LogP contribution in [0.3, 0.4) is 0 Å². The number of amides is 1. The maximum atomic E-state index is 13.8. The quantitative estimate of drug-likeness (QED) is 0.579. The number of benzene rings is 1. The minimum absolute atomic E-state index is 0.0182. The van der Waals surface area contributed by atoms with E-state index < -0.39 is 11.0 Å². The van der Waals surface area contributed by atoms with Crippen LogP contribution in [-0.2, 0) is 20.5 Å². The SMILES string of the molecule is CS(=O)Nc1ccc2c(c1)SNC(C1=C(O)C3C4CCC(O4)C3N(C3CCCC3)C1=O)=N2. The normalized spacial score (nSPS) is 32.5. The molecule has 6 rings (SSSR count). The van der Waals surface area contributed by atoms with Crippen LogP contribution in [-0.4, -0.2) is 56.5 Å². The van der Waals surface area contributed by atoms with Gasteiger partial charge in [-0.1, -0.05) is 12.8 Å². The molecule has 32 heavy (non-hydrogen) atoms. The van der Waals surface area contributed by atoms with Crippen LogP contribution in [0, 0.1) is 5.92 Å². The third-order valence-electron chi connectivity index (χ3n) is 7.24. The summed E-state index contributed by atoms with van der Waals surface area (Å²) in [5.41, 5.74) is 1.73. The van der Waals surface area contributed by atoms with Crippen molar-refractivity contribution in [3.63, 3.8) is 0 Å². The van der Waals surface area contributed by atoms with Gasteiger partial charge in [-0.2, -0.15) is 0 Å². The molecule has 2 saturated heterocycles. The topological polar surface area (TPSA) is 103 Å². The van der Waals surface area contributed by atoms with Gasteiger partial charge in [0.2, 0.25) is 0 Å². The number of rotatable bonds is 4. The van der Waals surface area contributed by atoms with Gasteiger partial charge >= 0.3 is 0 Å². The van der Waals surface area contributed by atoms with Crippen LogP contribution in [0.25, 0.3) is 0 Å². The largest absolute Gasteiger partial charge is 0.511 e. The molecule has 1 aliphatic carbocycles. The molecule has 1 aromatic carbocycles. The zero-order chi connectivity index (χ0) is 22.0. The van der Waals surface area contributed by atoms with Gasteiger partial charge in [-0.25, -0.2) is 9.20 Å². The maximum absolute atomic E-state index is 13.8. The van der Waals surface area contributed by atoms with Gasteiger partial charge < -0.3 is 24.2 Å². The lowest BCUT2D eigenvalue weighted by atomic mass is 9.77. The van der Waals surface area contributed by atoms with Crippen molar-refractivity contribution in [3.8, 4) is 0 Å².